The molecule has 0 radical (unpaired) electrons. The average molecular weight is 329 g/mol. The minimum absolute atomic E-state index is 0.0309. The van der Waals surface area contributed by atoms with Crippen LogP contribution in [-0.2, 0) is 9.53 Å². The second-order valence-corrected chi connectivity index (χ2v) is 6.35. The summed E-state index contributed by atoms with van der Waals surface area (Å²) in [5.74, 6) is 0.446. The molecule has 0 fully saturated rings. The molecular weight excluding hydrogens is 298 g/mol. The predicted octanol–water partition coefficient (Wildman–Crippen LogP) is 4.82. The zero-order chi connectivity index (χ0) is 17.6. The summed E-state index contributed by atoms with van der Waals surface area (Å²) in [5.41, 5.74) is 1.22. The summed E-state index contributed by atoms with van der Waals surface area (Å²) < 4.78 is 5.84. The largest absolute Gasteiger partial charge is 0.374 e. The zero-order valence-corrected chi connectivity index (χ0v) is 15.2. The molecule has 132 valence electrons. The van der Waals surface area contributed by atoms with Crippen LogP contribution in [0, 0.1) is 5.92 Å². The van der Waals surface area contributed by atoms with E-state index in [4.69, 9.17) is 4.74 Å². The van der Waals surface area contributed by atoms with Gasteiger partial charge in [-0.15, -0.1) is 0 Å². The number of carbonyl (C=O) groups excluding carboxylic acids is 1. The molecule has 1 atom stereocenters. The molecule has 1 aromatic rings. The molecule has 0 aliphatic carbocycles. The summed E-state index contributed by atoms with van der Waals surface area (Å²) in [6.07, 6.45) is 10.7. The van der Waals surface area contributed by atoms with Gasteiger partial charge in [-0.05, 0) is 37.7 Å². The predicted molar refractivity (Wildman–Crippen MR) is 101 cm³/mol. The van der Waals surface area contributed by atoms with E-state index in [0.29, 0.717) is 12.5 Å². The van der Waals surface area contributed by atoms with Gasteiger partial charge in [0.2, 0.25) is 5.91 Å². The van der Waals surface area contributed by atoms with Crippen LogP contribution < -0.4 is 5.32 Å². The van der Waals surface area contributed by atoms with E-state index in [-0.39, 0.29) is 12.0 Å². The van der Waals surface area contributed by atoms with Crippen LogP contribution >= 0.6 is 0 Å². The first-order chi connectivity index (χ1) is 11.6. The van der Waals surface area contributed by atoms with Gasteiger partial charge < -0.3 is 10.1 Å². The number of nitrogens with one attached hydrogen (secondary N) is 1. The molecule has 0 saturated heterocycles. The Hall–Kier alpha value is -1.87. The Kier molecular flexibility index (Phi) is 10.5. The van der Waals surface area contributed by atoms with Gasteiger partial charge in [-0.2, -0.15) is 0 Å². The fourth-order valence-electron chi connectivity index (χ4n) is 2.13. The number of allylic oxidation sites excluding steroid dienone is 3. The van der Waals surface area contributed by atoms with Gasteiger partial charge >= 0.3 is 0 Å². The molecule has 0 saturated carbocycles. The van der Waals surface area contributed by atoms with Crippen LogP contribution in [0.3, 0.4) is 0 Å². The molecule has 1 aromatic carbocycles. The zero-order valence-electron chi connectivity index (χ0n) is 15.2. The molecule has 1 rings (SSSR count). The smallest absolute Gasteiger partial charge is 0.243 e. The molecule has 1 N–H and O–H groups in total. The maximum absolute atomic E-state index is 11.5. The molecule has 0 aliphatic heterocycles. The van der Waals surface area contributed by atoms with Gasteiger partial charge in [0, 0.05) is 19.2 Å². The average Bonchev–Trinajstić information content (AvgIpc) is 2.59. The maximum atomic E-state index is 11.5. The number of rotatable bonds is 11. The van der Waals surface area contributed by atoms with Crippen LogP contribution in [0.2, 0.25) is 0 Å². The molecule has 0 spiro atoms. The minimum atomic E-state index is -0.0309. The third-order valence-electron chi connectivity index (χ3n) is 3.58. The summed E-state index contributed by atoms with van der Waals surface area (Å²) >= 11 is 0. The monoisotopic (exact) mass is 329 g/mol. The third-order valence-corrected chi connectivity index (χ3v) is 3.58. The summed E-state index contributed by atoms with van der Waals surface area (Å²) in [6, 6.07) is 10.3. The van der Waals surface area contributed by atoms with Crippen molar-refractivity contribution in [2.75, 3.05) is 13.2 Å². The fraction of sp³-hybridized carbons (Fsp3) is 0.476. The Labute approximate surface area is 146 Å². The topological polar surface area (TPSA) is 38.3 Å². The van der Waals surface area contributed by atoms with Gasteiger partial charge in [0.1, 0.15) is 0 Å². The lowest BCUT2D eigenvalue weighted by atomic mass is 10.1. The van der Waals surface area contributed by atoms with Crippen LogP contribution in [0.5, 0.6) is 0 Å². The lowest BCUT2D eigenvalue weighted by Crippen LogP contribution is -2.25. The van der Waals surface area contributed by atoms with Crippen LogP contribution in [-0.4, -0.2) is 19.1 Å². The first-order valence-electron chi connectivity index (χ1n) is 8.87. The van der Waals surface area contributed by atoms with Gasteiger partial charge in [-0.25, -0.2) is 0 Å². The van der Waals surface area contributed by atoms with Crippen molar-refractivity contribution in [1.29, 1.82) is 0 Å². The minimum Gasteiger partial charge on any atom is -0.374 e. The number of hydrogen-bond acceptors (Lipinski definition) is 2. The van der Waals surface area contributed by atoms with Crippen molar-refractivity contribution in [3.63, 3.8) is 0 Å². The molecular formula is C21H31NO2. The van der Waals surface area contributed by atoms with Gasteiger partial charge in [0.25, 0.3) is 0 Å². The standard InChI is InChI=1S/C21H31NO2/c1-18(2)17-22-21(23)15-11-6-4-5-7-12-16-24-19(3)20-13-9-8-10-14-20/h4,6,8-11,13-15,18-19H,5,7,12,16-17H2,1-3H3,(H,22,23)/b6-4+,15-11+. The number of amides is 1. The number of benzene rings is 1. The molecule has 0 heterocycles. The lowest BCUT2D eigenvalue weighted by Gasteiger charge is -2.12. The van der Waals surface area contributed by atoms with E-state index in [1.165, 1.54) is 5.56 Å². The summed E-state index contributed by atoms with van der Waals surface area (Å²) in [7, 11) is 0. The highest BCUT2D eigenvalue weighted by molar-refractivity contribution is 5.87. The summed E-state index contributed by atoms with van der Waals surface area (Å²) in [4.78, 5) is 11.5. The number of unbranched alkanes of at least 4 members (excludes halogenated alkanes) is 2. The lowest BCUT2D eigenvalue weighted by molar-refractivity contribution is -0.116. The Morgan fingerprint density at radius 1 is 1.12 bits per heavy atom. The maximum Gasteiger partial charge on any atom is 0.243 e. The highest BCUT2D eigenvalue weighted by Crippen LogP contribution is 2.16. The quantitative estimate of drug-likeness (QED) is 0.359. The molecule has 3 heteroatoms. The van der Waals surface area contributed by atoms with Crippen LogP contribution in [0.1, 0.15) is 51.7 Å². The van der Waals surface area contributed by atoms with Gasteiger partial charge in [0.15, 0.2) is 0 Å². The third kappa shape index (κ3) is 10.0. The Morgan fingerprint density at radius 2 is 1.88 bits per heavy atom. The van der Waals surface area contributed by atoms with E-state index in [9.17, 15) is 4.79 Å². The Morgan fingerprint density at radius 3 is 2.58 bits per heavy atom. The first kappa shape index (κ1) is 20.2. The van der Waals surface area contributed by atoms with Gasteiger partial charge in [-0.3, -0.25) is 4.79 Å². The molecule has 0 aromatic heterocycles. The molecule has 1 unspecified atom stereocenters. The van der Waals surface area contributed by atoms with Crippen molar-refractivity contribution in [2.45, 2.75) is 46.1 Å². The highest BCUT2D eigenvalue weighted by Gasteiger charge is 2.03. The second-order valence-electron chi connectivity index (χ2n) is 6.35. The van der Waals surface area contributed by atoms with Crippen molar-refractivity contribution in [3.05, 3.63) is 60.2 Å². The summed E-state index contributed by atoms with van der Waals surface area (Å²) in [5, 5.41) is 2.85. The van der Waals surface area contributed by atoms with Crippen LogP contribution in [0.4, 0.5) is 0 Å². The van der Waals surface area contributed by atoms with E-state index in [1.807, 2.05) is 24.3 Å². The van der Waals surface area contributed by atoms with E-state index >= 15 is 0 Å². The number of carbonyl (C=O) groups is 1. The molecule has 3 nitrogen and oxygen atoms in total. The van der Waals surface area contributed by atoms with E-state index < -0.39 is 0 Å². The Balaban J connectivity index is 2.04. The normalized spacial score (nSPS) is 13.0. The van der Waals surface area contributed by atoms with Gasteiger partial charge in [0.05, 0.1) is 6.10 Å². The van der Waals surface area contributed by atoms with Crippen molar-refractivity contribution >= 4 is 5.91 Å². The molecule has 24 heavy (non-hydrogen) atoms. The van der Waals surface area contributed by atoms with Crippen molar-refractivity contribution < 1.29 is 9.53 Å². The molecule has 1 amide bonds. The first-order valence-corrected chi connectivity index (χ1v) is 8.87. The van der Waals surface area contributed by atoms with Crippen LogP contribution in [0.15, 0.2) is 54.6 Å². The van der Waals surface area contributed by atoms with Crippen molar-refractivity contribution in [3.8, 4) is 0 Å². The van der Waals surface area contributed by atoms with Crippen LogP contribution in [0.25, 0.3) is 0 Å². The molecule has 0 aliphatic rings. The van der Waals surface area contributed by atoms with E-state index in [1.54, 1.807) is 12.2 Å². The summed E-state index contributed by atoms with van der Waals surface area (Å²) in [6.45, 7) is 7.73. The number of ether oxygens (including phenoxy) is 1. The van der Waals surface area contributed by atoms with E-state index in [2.05, 4.69) is 44.3 Å². The SMILES string of the molecule is CC(C)CNC(=O)/C=C/C=C/CCCCOC(C)c1ccccc1. The molecule has 0 bridgehead atoms. The second kappa shape index (κ2) is 12.5. The Bertz CT molecular complexity index is 506. The van der Waals surface area contributed by atoms with Gasteiger partial charge in [-0.1, -0.05) is 62.4 Å². The van der Waals surface area contributed by atoms with E-state index in [0.717, 1.165) is 25.9 Å². The fourth-order valence-corrected chi connectivity index (χ4v) is 2.13. The highest BCUT2D eigenvalue weighted by atomic mass is 16.5. The number of hydrogen-bond donors (Lipinski definition) is 1. The van der Waals surface area contributed by atoms with Crippen molar-refractivity contribution in [1.82, 2.24) is 5.32 Å². The van der Waals surface area contributed by atoms with Crippen molar-refractivity contribution in [2.24, 2.45) is 5.92 Å².